The highest BCUT2D eigenvalue weighted by molar-refractivity contribution is 5.79. The van der Waals surface area contributed by atoms with E-state index in [0.717, 1.165) is 11.3 Å². The van der Waals surface area contributed by atoms with Gasteiger partial charge in [0.05, 0.1) is 5.69 Å². The molecule has 2 N–H and O–H groups in total. The summed E-state index contributed by atoms with van der Waals surface area (Å²) in [4.78, 5) is 0. The molecule has 0 amide bonds. The Kier molecular flexibility index (Phi) is 2.77. The number of nitrogen functional groups attached to an aromatic ring is 1. The molecule has 3 nitrogen and oxygen atoms in total. The van der Waals surface area contributed by atoms with Gasteiger partial charge in [-0.3, -0.25) is 4.68 Å². The number of allylic oxidation sites excluding steroid dienone is 1. The Morgan fingerprint density at radius 3 is 2.56 bits per heavy atom. The summed E-state index contributed by atoms with van der Waals surface area (Å²) >= 11 is 0. The third-order valence-corrected chi connectivity index (χ3v) is 2.50. The van der Waals surface area contributed by atoms with Gasteiger partial charge in [-0.25, -0.2) is 0 Å². The van der Waals surface area contributed by atoms with Gasteiger partial charge in [-0.05, 0) is 24.1 Å². The van der Waals surface area contributed by atoms with E-state index in [1.807, 2.05) is 38.2 Å². The number of hydrogen-bond donors (Lipinski definition) is 1. The van der Waals surface area contributed by atoms with Crippen molar-refractivity contribution in [2.75, 3.05) is 5.73 Å². The molecule has 82 valence electrons. The largest absolute Gasteiger partial charge is 0.384 e. The van der Waals surface area contributed by atoms with Crippen LogP contribution in [0.15, 0.2) is 36.4 Å². The van der Waals surface area contributed by atoms with Gasteiger partial charge in [0.25, 0.3) is 0 Å². The molecule has 0 aliphatic carbocycles. The quantitative estimate of drug-likeness (QED) is 0.833. The van der Waals surface area contributed by atoms with Gasteiger partial charge < -0.3 is 5.73 Å². The van der Waals surface area contributed by atoms with Crippen molar-refractivity contribution >= 4 is 17.5 Å². The van der Waals surface area contributed by atoms with Crippen LogP contribution >= 0.6 is 0 Å². The summed E-state index contributed by atoms with van der Waals surface area (Å²) in [7, 11) is 1.84. The molecule has 0 atom stereocenters. The first-order chi connectivity index (χ1) is 7.66. The molecular formula is C13H15N3. The second-order valence-electron chi connectivity index (χ2n) is 3.82. The van der Waals surface area contributed by atoms with Crippen LogP contribution in [0, 0.1) is 0 Å². The Bertz CT molecular complexity index is 490. The maximum Gasteiger partial charge on any atom is 0.121 e. The van der Waals surface area contributed by atoms with E-state index in [1.165, 1.54) is 5.56 Å². The summed E-state index contributed by atoms with van der Waals surface area (Å²) in [5, 5.41) is 4.33. The van der Waals surface area contributed by atoms with Crippen LogP contribution in [0.25, 0.3) is 11.6 Å². The molecule has 1 aromatic carbocycles. The van der Waals surface area contributed by atoms with E-state index in [-0.39, 0.29) is 0 Å². The zero-order valence-corrected chi connectivity index (χ0v) is 9.51. The number of anilines is 1. The lowest BCUT2D eigenvalue weighted by molar-refractivity contribution is 0.774. The highest BCUT2D eigenvalue weighted by Crippen LogP contribution is 2.17. The van der Waals surface area contributed by atoms with E-state index in [4.69, 9.17) is 5.73 Å². The van der Waals surface area contributed by atoms with Crippen molar-refractivity contribution < 1.29 is 0 Å². The monoisotopic (exact) mass is 213 g/mol. The molecule has 0 fully saturated rings. The number of nitrogens with two attached hydrogens (primary N) is 1. The van der Waals surface area contributed by atoms with Crippen molar-refractivity contribution in [3.05, 3.63) is 47.7 Å². The van der Waals surface area contributed by atoms with E-state index in [9.17, 15) is 0 Å². The Morgan fingerprint density at radius 2 is 2.00 bits per heavy atom. The van der Waals surface area contributed by atoms with Crippen LogP contribution in [0.4, 0.5) is 5.82 Å². The molecule has 3 heteroatoms. The summed E-state index contributed by atoms with van der Waals surface area (Å²) in [6.45, 7) is 2.04. The molecule has 2 aromatic rings. The molecule has 0 radical (unpaired) electrons. The summed E-state index contributed by atoms with van der Waals surface area (Å²) < 4.78 is 1.68. The van der Waals surface area contributed by atoms with Crippen molar-refractivity contribution in [3.8, 4) is 0 Å². The number of rotatable bonds is 2. The first kappa shape index (κ1) is 10.5. The van der Waals surface area contributed by atoms with Gasteiger partial charge in [-0.2, -0.15) is 5.10 Å². The van der Waals surface area contributed by atoms with Crippen LogP contribution in [-0.4, -0.2) is 9.78 Å². The number of aryl methyl sites for hydroxylation is 1. The van der Waals surface area contributed by atoms with Crippen molar-refractivity contribution in [1.29, 1.82) is 0 Å². The molecular weight excluding hydrogens is 198 g/mol. The molecule has 0 aliphatic heterocycles. The number of aromatic nitrogens is 2. The van der Waals surface area contributed by atoms with Crippen molar-refractivity contribution in [1.82, 2.24) is 9.78 Å². The SMILES string of the molecule is C/C(=C\c1ccccc1)c1cc(N)n(C)n1. The van der Waals surface area contributed by atoms with Gasteiger partial charge >= 0.3 is 0 Å². The zero-order chi connectivity index (χ0) is 11.5. The zero-order valence-electron chi connectivity index (χ0n) is 9.51. The Labute approximate surface area is 95.2 Å². The normalized spacial score (nSPS) is 11.8. The molecule has 0 aliphatic rings. The lowest BCUT2D eigenvalue weighted by Crippen LogP contribution is -1.96. The fraction of sp³-hybridized carbons (Fsp3) is 0.154. The molecule has 0 bridgehead atoms. The lowest BCUT2D eigenvalue weighted by Gasteiger charge is -1.96. The number of hydrogen-bond acceptors (Lipinski definition) is 2. The molecule has 2 rings (SSSR count). The van der Waals surface area contributed by atoms with Gasteiger partial charge in [-0.1, -0.05) is 30.3 Å². The molecule has 1 aromatic heterocycles. The van der Waals surface area contributed by atoms with Crippen LogP contribution in [0.3, 0.4) is 0 Å². The molecule has 0 saturated carbocycles. The lowest BCUT2D eigenvalue weighted by atomic mass is 10.1. The number of nitrogens with zero attached hydrogens (tertiary/aromatic N) is 2. The van der Waals surface area contributed by atoms with Crippen LogP contribution in [0.1, 0.15) is 18.2 Å². The molecule has 0 unspecified atom stereocenters. The van der Waals surface area contributed by atoms with Crippen molar-refractivity contribution in [2.45, 2.75) is 6.92 Å². The smallest absolute Gasteiger partial charge is 0.121 e. The van der Waals surface area contributed by atoms with E-state index in [2.05, 4.69) is 23.3 Å². The Morgan fingerprint density at radius 1 is 1.31 bits per heavy atom. The van der Waals surface area contributed by atoms with Crippen LogP contribution in [-0.2, 0) is 7.05 Å². The van der Waals surface area contributed by atoms with E-state index in [1.54, 1.807) is 4.68 Å². The maximum absolute atomic E-state index is 5.75. The third kappa shape index (κ3) is 2.14. The fourth-order valence-electron chi connectivity index (χ4n) is 1.55. The minimum absolute atomic E-state index is 0.677. The molecule has 0 spiro atoms. The minimum Gasteiger partial charge on any atom is -0.384 e. The standard InChI is InChI=1S/C13H15N3/c1-10(8-11-6-4-3-5-7-11)12-9-13(14)16(2)15-12/h3-9H,14H2,1-2H3/b10-8+. The Balaban J connectivity index is 2.32. The van der Waals surface area contributed by atoms with Gasteiger partial charge in [0, 0.05) is 13.1 Å². The predicted octanol–water partition coefficient (Wildman–Crippen LogP) is 2.56. The number of benzene rings is 1. The fourth-order valence-corrected chi connectivity index (χ4v) is 1.55. The third-order valence-electron chi connectivity index (χ3n) is 2.50. The second-order valence-corrected chi connectivity index (χ2v) is 3.82. The van der Waals surface area contributed by atoms with Gasteiger partial charge in [0.15, 0.2) is 0 Å². The highest BCUT2D eigenvalue weighted by Gasteiger charge is 2.03. The van der Waals surface area contributed by atoms with E-state index >= 15 is 0 Å². The second kappa shape index (κ2) is 4.23. The highest BCUT2D eigenvalue weighted by atomic mass is 15.3. The van der Waals surface area contributed by atoms with Gasteiger partial charge in [-0.15, -0.1) is 0 Å². The van der Waals surface area contributed by atoms with Gasteiger partial charge in [0.2, 0.25) is 0 Å². The van der Waals surface area contributed by atoms with E-state index < -0.39 is 0 Å². The topological polar surface area (TPSA) is 43.8 Å². The first-order valence-electron chi connectivity index (χ1n) is 5.20. The molecule has 16 heavy (non-hydrogen) atoms. The van der Waals surface area contributed by atoms with Crippen LogP contribution in [0.2, 0.25) is 0 Å². The predicted molar refractivity (Wildman–Crippen MR) is 67.6 cm³/mol. The van der Waals surface area contributed by atoms with Crippen molar-refractivity contribution in [3.63, 3.8) is 0 Å². The summed E-state index contributed by atoms with van der Waals surface area (Å²) in [6.07, 6.45) is 2.10. The molecule has 1 heterocycles. The maximum atomic E-state index is 5.75. The van der Waals surface area contributed by atoms with Crippen LogP contribution < -0.4 is 5.73 Å². The van der Waals surface area contributed by atoms with Gasteiger partial charge in [0.1, 0.15) is 5.82 Å². The summed E-state index contributed by atoms with van der Waals surface area (Å²) in [5.41, 5.74) is 8.95. The Hall–Kier alpha value is -2.03. The average molecular weight is 213 g/mol. The summed E-state index contributed by atoms with van der Waals surface area (Å²) in [6, 6.07) is 12.1. The van der Waals surface area contributed by atoms with Crippen molar-refractivity contribution in [2.24, 2.45) is 7.05 Å². The first-order valence-corrected chi connectivity index (χ1v) is 5.20. The molecule has 0 saturated heterocycles. The summed E-state index contributed by atoms with van der Waals surface area (Å²) in [5.74, 6) is 0.677. The van der Waals surface area contributed by atoms with Crippen LogP contribution in [0.5, 0.6) is 0 Å². The minimum atomic E-state index is 0.677. The van der Waals surface area contributed by atoms with E-state index in [0.29, 0.717) is 5.82 Å². The average Bonchev–Trinajstić information content (AvgIpc) is 2.61.